The van der Waals surface area contributed by atoms with Crippen LogP contribution in [0.25, 0.3) is 11.1 Å². The molecule has 2 nitrogen and oxygen atoms in total. The van der Waals surface area contributed by atoms with Gasteiger partial charge < -0.3 is 10.6 Å². The molecule has 166 valence electrons. The molecule has 0 heterocycles. The van der Waals surface area contributed by atoms with Crippen molar-refractivity contribution in [3.8, 4) is 11.1 Å². The quantitative estimate of drug-likeness (QED) is 0.386. The minimum atomic E-state index is 0.164. The maximum Gasteiger partial charge on any atom is 0.0563 e. The van der Waals surface area contributed by atoms with Crippen molar-refractivity contribution >= 4 is 5.69 Å². The SMILES string of the molecule is C=C(C)Nc1cccc(-c2cccc3c2CCC3)c1C(NC)/C(=C\C)C(CC)CCC. The molecule has 31 heavy (non-hydrogen) atoms. The molecule has 2 heteroatoms. The van der Waals surface area contributed by atoms with Crippen LogP contribution in [0.4, 0.5) is 5.69 Å². The highest BCUT2D eigenvalue weighted by Crippen LogP contribution is 2.43. The summed E-state index contributed by atoms with van der Waals surface area (Å²) in [5, 5.41) is 7.27. The summed E-state index contributed by atoms with van der Waals surface area (Å²) in [6.07, 6.45) is 9.58. The van der Waals surface area contributed by atoms with Gasteiger partial charge in [0.1, 0.15) is 0 Å². The van der Waals surface area contributed by atoms with Crippen molar-refractivity contribution in [3.05, 3.63) is 77.0 Å². The summed E-state index contributed by atoms with van der Waals surface area (Å²) >= 11 is 0. The van der Waals surface area contributed by atoms with E-state index in [1.807, 2.05) is 6.92 Å². The van der Waals surface area contributed by atoms with Crippen molar-refractivity contribution in [2.24, 2.45) is 5.92 Å². The standard InChI is InChI=1S/C29H40N2/c1-7-13-21(8-2)23(9-3)29(30-6)28-26(18-12-19-27(28)31-20(4)5)25-17-11-15-22-14-10-16-24(22)25/h9,11-12,15,17-19,21,29-31H,4,7-8,10,13-14,16H2,1-3,5-6H3/b23-9-. The molecule has 2 aromatic rings. The smallest absolute Gasteiger partial charge is 0.0563 e. The molecule has 2 aromatic carbocycles. The predicted molar refractivity (Wildman–Crippen MR) is 137 cm³/mol. The zero-order valence-corrected chi connectivity index (χ0v) is 20.1. The van der Waals surface area contributed by atoms with E-state index in [1.54, 1.807) is 0 Å². The van der Waals surface area contributed by atoms with Crippen molar-refractivity contribution in [1.29, 1.82) is 0 Å². The number of aryl methyl sites for hydroxylation is 1. The molecular weight excluding hydrogens is 376 g/mol. The molecule has 0 radical (unpaired) electrons. The number of hydrogen-bond donors (Lipinski definition) is 2. The van der Waals surface area contributed by atoms with Crippen molar-refractivity contribution in [3.63, 3.8) is 0 Å². The number of hydrogen-bond acceptors (Lipinski definition) is 2. The lowest BCUT2D eigenvalue weighted by molar-refractivity contribution is 0.479. The van der Waals surface area contributed by atoms with E-state index in [0.29, 0.717) is 5.92 Å². The first-order valence-corrected chi connectivity index (χ1v) is 12.1. The van der Waals surface area contributed by atoms with Gasteiger partial charge in [-0.1, -0.05) is 63.3 Å². The lowest BCUT2D eigenvalue weighted by atomic mass is 9.80. The Balaban J connectivity index is 2.23. The van der Waals surface area contributed by atoms with E-state index in [2.05, 4.69) is 87.5 Å². The Morgan fingerprint density at radius 3 is 2.48 bits per heavy atom. The molecular formula is C29H40N2. The first kappa shape index (κ1) is 23.3. The van der Waals surface area contributed by atoms with Gasteiger partial charge in [-0.15, -0.1) is 0 Å². The molecule has 2 unspecified atom stereocenters. The second kappa shape index (κ2) is 10.8. The average molecular weight is 417 g/mol. The highest BCUT2D eigenvalue weighted by Gasteiger charge is 2.27. The Morgan fingerprint density at radius 2 is 1.84 bits per heavy atom. The zero-order valence-electron chi connectivity index (χ0n) is 20.1. The summed E-state index contributed by atoms with van der Waals surface area (Å²) in [7, 11) is 2.10. The van der Waals surface area contributed by atoms with Crippen LogP contribution in [0, 0.1) is 5.92 Å². The third-order valence-electron chi connectivity index (χ3n) is 6.74. The summed E-state index contributed by atoms with van der Waals surface area (Å²) in [5.74, 6) is 0.583. The first-order chi connectivity index (χ1) is 15.0. The number of anilines is 1. The fourth-order valence-electron chi connectivity index (χ4n) is 5.39. The van der Waals surface area contributed by atoms with Gasteiger partial charge in [-0.25, -0.2) is 0 Å². The Kier molecular flexibility index (Phi) is 8.15. The minimum absolute atomic E-state index is 0.164. The maximum absolute atomic E-state index is 4.14. The normalized spacial score (nSPS) is 15.5. The second-order valence-corrected chi connectivity index (χ2v) is 8.87. The van der Waals surface area contributed by atoms with Gasteiger partial charge in [0.05, 0.1) is 6.04 Å². The van der Waals surface area contributed by atoms with Crippen LogP contribution in [0.5, 0.6) is 0 Å². The van der Waals surface area contributed by atoms with Gasteiger partial charge in [0.15, 0.2) is 0 Å². The summed E-state index contributed by atoms with van der Waals surface area (Å²) in [4.78, 5) is 0. The number of fused-ring (bicyclic) bond motifs is 1. The van der Waals surface area contributed by atoms with Crippen molar-refractivity contribution in [2.45, 2.75) is 72.3 Å². The molecule has 0 bridgehead atoms. The second-order valence-electron chi connectivity index (χ2n) is 8.87. The summed E-state index contributed by atoms with van der Waals surface area (Å²) < 4.78 is 0. The van der Waals surface area contributed by atoms with E-state index < -0.39 is 0 Å². The molecule has 1 aliphatic rings. The van der Waals surface area contributed by atoms with Gasteiger partial charge in [0.25, 0.3) is 0 Å². The first-order valence-electron chi connectivity index (χ1n) is 12.1. The number of rotatable bonds is 10. The lowest BCUT2D eigenvalue weighted by Crippen LogP contribution is -2.25. The molecule has 2 atom stereocenters. The van der Waals surface area contributed by atoms with Gasteiger partial charge in [-0.3, -0.25) is 0 Å². The minimum Gasteiger partial charge on any atom is -0.359 e. The molecule has 2 N–H and O–H groups in total. The molecule has 0 amide bonds. The zero-order chi connectivity index (χ0) is 22.4. The van der Waals surface area contributed by atoms with Crippen LogP contribution in [0.2, 0.25) is 0 Å². The van der Waals surface area contributed by atoms with E-state index in [4.69, 9.17) is 0 Å². The van der Waals surface area contributed by atoms with Crippen LogP contribution in [0.1, 0.15) is 76.1 Å². The molecule has 0 fully saturated rings. The number of likely N-dealkylation sites (N-methyl/N-ethyl adjacent to an activating group) is 1. The number of benzene rings is 2. The molecule has 0 saturated carbocycles. The third-order valence-corrected chi connectivity index (χ3v) is 6.74. The van der Waals surface area contributed by atoms with Crippen LogP contribution in [-0.2, 0) is 12.8 Å². The highest BCUT2D eigenvalue weighted by molar-refractivity contribution is 5.79. The Labute approximate surface area is 189 Å². The third kappa shape index (κ3) is 4.96. The Morgan fingerprint density at radius 1 is 1.10 bits per heavy atom. The van der Waals surface area contributed by atoms with Crippen LogP contribution >= 0.6 is 0 Å². The highest BCUT2D eigenvalue weighted by atomic mass is 14.9. The largest absolute Gasteiger partial charge is 0.359 e. The van der Waals surface area contributed by atoms with E-state index >= 15 is 0 Å². The molecule has 0 aliphatic heterocycles. The molecule has 3 rings (SSSR count). The molecule has 1 aliphatic carbocycles. The van der Waals surface area contributed by atoms with Crippen molar-refractivity contribution in [1.82, 2.24) is 5.32 Å². The fraction of sp³-hybridized carbons (Fsp3) is 0.448. The molecule has 0 spiro atoms. The van der Waals surface area contributed by atoms with E-state index in [9.17, 15) is 0 Å². The lowest BCUT2D eigenvalue weighted by Gasteiger charge is -2.31. The number of nitrogens with one attached hydrogen (secondary N) is 2. The average Bonchev–Trinajstić information content (AvgIpc) is 3.25. The van der Waals surface area contributed by atoms with Crippen LogP contribution in [0.3, 0.4) is 0 Å². The van der Waals surface area contributed by atoms with E-state index in [1.165, 1.54) is 65.5 Å². The summed E-state index contributed by atoms with van der Waals surface area (Å²) in [5.41, 5.74) is 10.8. The van der Waals surface area contributed by atoms with Crippen LogP contribution < -0.4 is 10.6 Å². The van der Waals surface area contributed by atoms with Gasteiger partial charge >= 0.3 is 0 Å². The van der Waals surface area contributed by atoms with Crippen LogP contribution in [-0.4, -0.2) is 7.05 Å². The molecule has 0 aromatic heterocycles. The Hall–Kier alpha value is -2.32. The topological polar surface area (TPSA) is 24.1 Å². The van der Waals surface area contributed by atoms with Gasteiger partial charge in [-0.2, -0.15) is 0 Å². The van der Waals surface area contributed by atoms with Crippen molar-refractivity contribution in [2.75, 3.05) is 12.4 Å². The molecule has 0 saturated heterocycles. The van der Waals surface area contributed by atoms with Crippen molar-refractivity contribution < 1.29 is 0 Å². The van der Waals surface area contributed by atoms with E-state index in [-0.39, 0.29) is 6.04 Å². The summed E-state index contributed by atoms with van der Waals surface area (Å²) in [6, 6.07) is 13.7. The fourth-order valence-corrected chi connectivity index (χ4v) is 5.39. The number of allylic oxidation sites excluding steroid dienone is 2. The van der Waals surface area contributed by atoms with Crippen LogP contribution in [0.15, 0.2) is 60.3 Å². The summed E-state index contributed by atoms with van der Waals surface area (Å²) in [6.45, 7) is 13.0. The van der Waals surface area contributed by atoms with Gasteiger partial charge in [0, 0.05) is 16.9 Å². The maximum atomic E-state index is 4.14. The van der Waals surface area contributed by atoms with Gasteiger partial charge in [-0.05, 0) is 92.8 Å². The Bertz CT molecular complexity index is 938. The van der Waals surface area contributed by atoms with E-state index in [0.717, 1.165) is 17.8 Å². The monoisotopic (exact) mass is 416 g/mol. The predicted octanol–water partition coefficient (Wildman–Crippen LogP) is 7.82. The van der Waals surface area contributed by atoms with Gasteiger partial charge in [0.2, 0.25) is 0 Å².